The number of aromatic hydroxyl groups is 1. The number of amides is 1. The number of hydrogen-bond acceptors (Lipinski definition) is 4. The number of nitrogens with zero attached hydrogens (tertiary/aromatic N) is 2. The Bertz CT molecular complexity index is 1140. The van der Waals surface area contributed by atoms with Crippen molar-refractivity contribution in [1.29, 1.82) is 0 Å². The van der Waals surface area contributed by atoms with Gasteiger partial charge in [0.1, 0.15) is 17.1 Å². The van der Waals surface area contributed by atoms with Crippen LogP contribution in [0.25, 0.3) is 11.3 Å². The molecule has 2 heterocycles. The maximum atomic E-state index is 13.4. The SMILES string of the molecule is Cc1ccc(C2c3c(-c4cc(Cl)c(C)cc4O)n[nH]c3C(=O)N2CCCOC(C)C)cc1. The highest BCUT2D eigenvalue weighted by molar-refractivity contribution is 6.31. The van der Waals surface area contributed by atoms with Crippen molar-refractivity contribution >= 4 is 17.5 Å². The van der Waals surface area contributed by atoms with E-state index in [9.17, 15) is 9.90 Å². The standard InChI is InChI=1S/C25H28ClN3O3/c1-14(2)32-11-5-10-29-24(17-8-6-15(3)7-9-17)21-22(27-28-23(21)25(29)31)18-13-19(26)16(4)12-20(18)30/h6-9,12-14,24,30H,5,10-11H2,1-4H3,(H,27,28). The van der Waals surface area contributed by atoms with Gasteiger partial charge in [-0.2, -0.15) is 5.10 Å². The number of nitrogens with one attached hydrogen (secondary N) is 1. The minimum Gasteiger partial charge on any atom is -0.507 e. The number of phenols is 1. The number of carbonyl (C=O) groups excluding carboxylic acids is 1. The molecule has 0 saturated carbocycles. The highest BCUT2D eigenvalue weighted by Gasteiger charge is 2.42. The normalized spacial score (nSPS) is 15.6. The Morgan fingerprint density at radius 3 is 2.62 bits per heavy atom. The third-order valence-electron chi connectivity index (χ3n) is 5.78. The van der Waals surface area contributed by atoms with Gasteiger partial charge >= 0.3 is 0 Å². The number of H-pyrrole nitrogens is 1. The highest BCUT2D eigenvalue weighted by Crippen LogP contribution is 2.45. The molecule has 3 aromatic rings. The van der Waals surface area contributed by atoms with E-state index < -0.39 is 0 Å². The average Bonchev–Trinajstić information content (AvgIpc) is 3.28. The molecule has 1 aromatic heterocycles. The van der Waals surface area contributed by atoms with Crippen molar-refractivity contribution in [1.82, 2.24) is 15.1 Å². The molecule has 0 bridgehead atoms. The van der Waals surface area contributed by atoms with E-state index in [2.05, 4.69) is 10.2 Å². The third kappa shape index (κ3) is 4.12. The smallest absolute Gasteiger partial charge is 0.273 e. The summed E-state index contributed by atoms with van der Waals surface area (Å²) >= 11 is 6.35. The Morgan fingerprint density at radius 1 is 1.22 bits per heavy atom. The molecule has 2 aromatic carbocycles. The van der Waals surface area contributed by atoms with Crippen LogP contribution in [0.4, 0.5) is 0 Å². The van der Waals surface area contributed by atoms with Crippen molar-refractivity contribution in [3.63, 3.8) is 0 Å². The molecule has 0 spiro atoms. The van der Waals surface area contributed by atoms with Gasteiger partial charge in [0.05, 0.1) is 12.1 Å². The minimum atomic E-state index is -0.314. The van der Waals surface area contributed by atoms with Crippen LogP contribution in [-0.2, 0) is 4.74 Å². The monoisotopic (exact) mass is 453 g/mol. The number of benzene rings is 2. The van der Waals surface area contributed by atoms with E-state index in [0.29, 0.717) is 35.1 Å². The first kappa shape index (κ1) is 22.4. The van der Waals surface area contributed by atoms with Crippen molar-refractivity contribution < 1.29 is 14.6 Å². The Hall–Kier alpha value is -2.83. The molecule has 2 N–H and O–H groups in total. The fourth-order valence-corrected chi connectivity index (χ4v) is 4.30. The highest BCUT2D eigenvalue weighted by atomic mass is 35.5. The van der Waals surface area contributed by atoms with E-state index in [0.717, 1.165) is 28.7 Å². The summed E-state index contributed by atoms with van der Waals surface area (Å²) in [7, 11) is 0. The van der Waals surface area contributed by atoms with Gasteiger partial charge < -0.3 is 14.7 Å². The molecular weight excluding hydrogens is 426 g/mol. The molecule has 6 nitrogen and oxygen atoms in total. The van der Waals surface area contributed by atoms with Crippen molar-refractivity contribution in [2.45, 2.75) is 46.3 Å². The zero-order chi connectivity index (χ0) is 23.0. The number of rotatable bonds is 7. The summed E-state index contributed by atoms with van der Waals surface area (Å²) < 4.78 is 5.68. The maximum absolute atomic E-state index is 13.4. The molecule has 7 heteroatoms. The second-order valence-corrected chi connectivity index (χ2v) is 8.97. The van der Waals surface area contributed by atoms with Crippen LogP contribution in [0.3, 0.4) is 0 Å². The van der Waals surface area contributed by atoms with Gasteiger partial charge in [0, 0.05) is 29.3 Å². The van der Waals surface area contributed by atoms with Crippen molar-refractivity contribution in [3.05, 3.63) is 69.4 Å². The Labute approximate surface area is 193 Å². The third-order valence-corrected chi connectivity index (χ3v) is 6.19. The van der Waals surface area contributed by atoms with Crippen LogP contribution in [0, 0.1) is 13.8 Å². The average molecular weight is 454 g/mol. The lowest BCUT2D eigenvalue weighted by Crippen LogP contribution is -2.31. The molecular formula is C25H28ClN3O3. The summed E-state index contributed by atoms with van der Waals surface area (Å²) in [6, 6.07) is 11.2. The number of aryl methyl sites for hydroxylation is 2. The topological polar surface area (TPSA) is 78.5 Å². The van der Waals surface area contributed by atoms with Gasteiger partial charge in [0.2, 0.25) is 0 Å². The summed E-state index contributed by atoms with van der Waals surface area (Å²) in [5.41, 5.74) is 5.17. The van der Waals surface area contributed by atoms with E-state index in [1.54, 1.807) is 12.1 Å². The van der Waals surface area contributed by atoms with Crippen LogP contribution < -0.4 is 0 Å². The molecule has 1 amide bonds. The van der Waals surface area contributed by atoms with Crippen LogP contribution in [0.5, 0.6) is 5.75 Å². The van der Waals surface area contributed by atoms with Gasteiger partial charge in [-0.25, -0.2) is 0 Å². The molecule has 168 valence electrons. The first-order valence-electron chi connectivity index (χ1n) is 10.8. The van der Waals surface area contributed by atoms with E-state index in [1.165, 1.54) is 0 Å². The zero-order valence-corrected chi connectivity index (χ0v) is 19.5. The molecule has 1 aliphatic rings. The quantitative estimate of drug-likeness (QED) is 0.468. The number of aromatic nitrogens is 2. The van der Waals surface area contributed by atoms with Crippen molar-refractivity contribution in [2.24, 2.45) is 0 Å². The number of fused-ring (bicyclic) bond motifs is 1. The maximum Gasteiger partial charge on any atom is 0.273 e. The molecule has 0 saturated heterocycles. The molecule has 1 aliphatic heterocycles. The minimum absolute atomic E-state index is 0.0834. The van der Waals surface area contributed by atoms with E-state index in [-0.39, 0.29) is 23.8 Å². The number of halogens is 1. The summed E-state index contributed by atoms with van der Waals surface area (Å²) in [6.45, 7) is 8.99. The van der Waals surface area contributed by atoms with Gasteiger partial charge in [-0.15, -0.1) is 0 Å². The fraction of sp³-hybridized carbons (Fsp3) is 0.360. The molecule has 0 radical (unpaired) electrons. The number of hydrogen-bond donors (Lipinski definition) is 2. The van der Waals surface area contributed by atoms with E-state index >= 15 is 0 Å². The first-order chi connectivity index (χ1) is 15.3. The molecule has 0 aliphatic carbocycles. The van der Waals surface area contributed by atoms with Crippen LogP contribution in [0.15, 0.2) is 36.4 Å². The summed E-state index contributed by atoms with van der Waals surface area (Å²) in [5, 5.41) is 18.5. The fourth-order valence-electron chi connectivity index (χ4n) is 4.14. The Kier molecular flexibility index (Phi) is 6.26. The molecule has 32 heavy (non-hydrogen) atoms. The zero-order valence-electron chi connectivity index (χ0n) is 18.8. The number of phenolic OH excluding ortho intramolecular Hbond substituents is 1. The molecule has 1 atom stereocenters. The first-order valence-corrected chi connectivity index (χ1v) is 11.2. The van der Waals surface area contributed by atoms with Crippen molar-refractivity contribution in [2.75, 3.05) is 13.2 Å². The van der Waals surface area contributed by atoms with Crippen LogP contribution in [0.2, 0.25) is 5.02 Å². The van der Waals surface area contributed by atoms with Crippen LogP contribution >= 0.6 is 11.6 Å². The predicted octanol–water partition coefficient (Wildman–Crippen LogP) is 5.41. The molecule has 4 rings (SSSR count). The lowest BCUT2D eigenvalue weighted by Gasteiger charge is -2.26. The van der Waals surface area contributed by atoms with Gasteiger partial charge in [-0.05, 0) is 57.4 Å². The molecule has 0 fully saturated rings. The number of carbonyl (C=O) groups is 1. The summed E-state index contributed by atoms with van der Waals surface area (Å²) in [6.07, 6.45) is 0.871. The van der Waals surface area contributed by atoms with Gasteiger partial charge in [-0.1, -0.05) is 41.4 Å². The largest absolute Gasteiger partial charge is 0.507 e. The second-order valence-electron chi connectivity index (χ2n) is 8.56. The van der Waals surface area contributed by atoms with Crippen LogP contribution in [0.1, 0.15) is 59.1 Å². The van der Waals surface area contributed by atoms with Crippen molar-refractivity contribution in [3.8, 4) is 17.0 Å². The van der Waals surface area contributed by atoms with E-state index in [4.69, 9.17) is 16.3 Å². The predicted molar refractivity (Wildman–Crippen MR) is 125 cm³/mol. The van der Waals surface area contributed by atoms with Gasteiger partial charge in [-0.3, -0.25) is 9.89 Å². The second kappa shape index (κ2) is 8.96. The van der Waals surface area contributed by atoms with Gasteiger partial charge in [0.25, 0.3) is 5.91 Å². The Balaban J connectivity index is 1.78. The summed E-state index contributed by atoms with van der Waals surface area (Å²) in [5.74, 6) is -0.0216. The van der Waals surface area contributed by atoms with Gasteiger partial charge in [0.15, 0.2) is 0 Å². The lowest BCUT2D eigenvalue weighted by molar-refractivity contribution is 0.0601. The Morgan fingerprint density at radius 2 is 1.94 bits per heavy atom. The number of aromatic amines is 1. The van der Waals surface area contributed by atoms with Crippen LogP contribution in [-0.4, -0.2) is 45.4 Å². The van der Waals surface area contributed by atoms with E-state index in [1.807, 2.05) is 56.9 Å². The lowest BCUT2D eigenvalue weighted by atomic mass is 9.94. The summed E-state index contributed by atoms with van der Waals surface area (Å²) in [4.78, 5) is 15.2. The number of ether oxygens (including phenoxy) is 1. The molecule has 1 unspecified atom stereocenters.